The molecule has 1 aliphatic rings. The Balaban J connectivity index is 2.63. The molecule has 0 aromatic carbocycles. The Labute approximate surface area is 84.6 Å². The standard InChI is InChI=1S/C8H4N4O2S/c13-15(14)8-11-5-3-10-7-4(1-2-9-7)6(5)12-8/h1-3,9H. The second-order valence-electron chi connectivity index (χ2n) is 2.97. The van der Waals surface area contributed by atoms with Gasteiger partial charge in [0, 0.05) is 11.6 Å². The molecule has 0 atom stereocenters. The van der Waals surface area contributed by atoms with Crippen molar-refractivity contribution >= 4 is 26.4 Å². The zero-order valence-electron chi connectivity index (χ0n) is 7.30. The minimum Gasteiger partial charge on any atom is -0.346 e. The van der Waals surface area contributed by atoms with Gasteiger partial charge in [0.15, 0.2) is 0 Å². The first kappa shape index (κ1) is 8.30. The summed E-state index contributed by atoms with van der Waals surface area (Å²) in [6, 6.07) is 1.79. The van der Waals surface area contributed by atoms with E-state index in [2.05, 4.69) is 20.0 Å². The molecule has 3 rings (SSSR count). The van der Waals surface area contributed by atoms with Crippen LogP contribution in [0.15, 0.2) is 28.4 Å². The molecule has 0 amide bonds. The van der Waals surface area contributed by atoms with Crippen LogP contribution in [0.25, 0.3) is 11.0 Å². The van der Waals surface area contributed by atoms with Gasteiger partial charge in [0.25, 0.3) is 15.4 Å². The average Bonchev–Trinajstić information content (AvgIpc) is 2.82. The molecule has 0 aliphatic carbocycles. The molecule has 0 saturated heterocycles. The molecule has 6 nitrogen and oxygen atoms in total. The quantitative estimate of drug-likeness (QED) is 0.564. The highest BCUT2D eigenvalue weighted by Crippen LogP contribution is 2.01. The molecule has 0 saturated carbocycles. The number of nitrogens with one attached hydrogen (secondary N) is 1. The first-order valence-electron chi connectivity index (χ1n) is 4.11. The summed E-state index contributed by atoms with van der Waals surface area (Å²) in [5.41, 5.74) is 0.672. The van der Waals surface area contributed by atoms with Crippen molar-refractivity contribution in [1.82, 2.24) is 9.97 Å². The first-order valence-corrected chi connectivity index (χ1v) is 5.19. The molecular weight excluding hydrogens is 216 g/mol. The SMILES string of the molecule is O=S(=O)=C1N=c2cnc3[nH]ccc3c2=N1. The van der Waals surface area contributed by atoms with E-state index in [1.54, 1.807) is 12.3 Å². The lowest BCUT2D eigenvalue weighted by molar-refractivity contribution is 0.626. The summed E-state index contributed by atoms with van der Waals surface area (Å²) in [4.78, 5) is 14.8. The van der Waals surface area contributed by atoms with Crippen molar-refractivity contribution in [2.75, 3.05) is 0 Å². The molecule has 3 heterocycles. The summed E-state index contributed by atoms with van der Waals surface area (Å²) >= 11 is 0. The van der Waals surface area contributed by atoms with Gasteiger partial charge in [-0.05, 0) is 6.07 Å². The topological polar surface area (TPSA) is 87.5 Å². The number of nitrogens with zero attached hydrogens (tertiary/aromatic N) is 3. The molecule has 1 aliphatic heterocycles. The maximum atomic E-state index is 10.7. The molecule has 0 bridgehead atoms. The Bertz CT molecular complexity index is 808. The fourth-order valence-electron chi connectivity index (χ4n) is 1.48. The number of pyridine rings is 1. The lowest BCUT2D eigenvalue weighted by atomic mass is 10.3. The van der Waals surface area contributed by atoms with Gasteiger partial charge < -0.3 is 4.98 Å². The van der Waals surface area contributed by atoms with Gasteiger partial charge in [0.2, 0.25) is 0 Å². The first-order chi connectivity index (χ1) is 7.25. The zero-order chi connectivity index (χ0) is 10.4. The van der Waals surface area contributed by atoms with Crippen LogP contribution in [-0.2, 0) is 10.3 Å². The number of H-pyrrole nitrogens is 1. The monoisotopic (exact) mass is 220 g/mol. The molecule has 7 heteroatoms. The molecule has 74 valence electrons. The van der Waals surface area contributed by atoms with Gasteiger partial charge in [-0.3, -0.25) is 0 Å². The summed E-state index contributed by atoms with van der Waals surface area (Å²) in [6.45, 7) is 0. The van der Waals surface area contributed by atoms with Crippen molar-refractivity contribution in [3.05, 3.63) is 29.2 Å². The van der Waals surface area contributed by atoms with Crippen molar-refractivity contribution in [2.24, 2.45) is 9.98 Å². The van der Waals surface area contributed by atoms with Gasteiger partial charge in [-0.25, -0.2) is 15.0 Å². The molecule has 0 unspecified atom stereocenters. The summed E-state index contributed by atoms with van der Waals surface area (Å²) in [5, 5.41) is 1.62. The van der Waals surface area contributed by atoms with E-state index in [0.717, 1.165) is 5.39 Å². The lowest BCUT2D eigenvalue weighted by Gasteiger charge is -1.85. The van der Waals surface area contributed by atoms with E-state index in [4.69, 9.17) is 0 Å². The summed E-state index contributed by atoms with van der Waals surface area (Å²) in [6.07, 6.45) is 3.22. The van der Waals surface area contributed by atoms with Crippen LogP contribution >= 0.6 is 0 Å². The van der Waals surface area contributed by atoms with Gasteiger partial charge in [-0.15, -0.1) is 0 Å². The second kappa shape index (κ2) is 2.74. The number of aromatic nitrogens is 2. The third-order valence-electron chi connectivity index (χ3n) is 2.11. The Morgan fingerprint density at radius 2 is 2.13 bits per heavy atom. The van der Waals surface area contributed by atoms with Crippen LogP contribution in [0.3, 0.4) is 0 Å². The predicted molar refractivity (Wildman–Crippen MR) is 52.3 cm³/mol. The Hall–Kier alpha value is -2.02. The summed E-state index contributed by atoms with van der Waals surface area (Å²) < 4.78 is 21.4. The largest absolute Gasteiger partial charge is 0.346 e. The normalized spacial score (nSPS) is 13.5. The number of hydrogen-bond acceptors (Lipinski definition) is 3. The molecule has 0 spiro atoms. The van der Waals surface area contributed by atoms with Crippen LogP contribution in [0.4, 0.5) is 0 Å². The highest BCUT2D eigenvalue weighted by molar-refractivity contribution is 7.72. The molecule has 15 heavy (non-hydrogen) atoms. The minimum atomic E-state index is -2.40. The Kier molecular flexibility index (Phi) is 1.51. The highest BCUT2D eigenvalue weighted by atomic mass is 32.2. The van der Waals surface area contributed by atoms with Crippen molar-refractivity contribution < 1.29 is 8.42 Å². The van der Waals surface area contributed by atoms with E-state index in [-0.39, 0.29) is 5.11 Å². The maximum absolute atomic E-state index is 10.7. The van der Waals surface area contributed by atoms with Crippen molar-refractivity contribution in [1.29, 1.82) is 0 Å². The van der Waals surface area contributed by atoms with E-state index in [9.17, 15) is 8.42 Å². The fourth-order valence-corrected chi connectivity index (χ4v) is 1.82. The molecule has 1 N–H and O–H groups in total. The minimum absolute atomic E-state index is 0.194. The van der Waals surface area contributed by atoms with Crippen LogP contribution in [0.2, 0.25) is 0 Å². The van der Waals surface area contributed by atoms with Crippen LogP contribution in [0.1, 0.15) is 0 Å². The average molecular weight is 220 g/mol. The van der Waals surface area contributed by atoms with Crippen molar-refractivity contribution in [3.63, 3.8) is 0 Å². The second-order valence-corrected chi connectivity index (χ2v) is 3.81. The summed E-state index contributed by atoms with van der Waals surface area (Å²) in [7, 11) is -2.40. The predicted octanol–water partition coefficient (Wildman–Crippen LogP) is -1.22. The fraction of sp³-hybridized carbons (Fsp3) is 0. The van der Waals surface area contributed by atoms with E-state index in [1.807, 2.05) is 0 Å². The lowest BCUT2D eigenvalue weighted by Crippen LogP contribution is -2.22. The molecular formula is C8H4N4O2S. The molecule has 0 fully saturated rings. The Morgan fingerprint density at radius 1 is 1.27 bits per heavy atom. The third kappa shape index (κ3) is 1.10. The van der Waals surface area contributed by atoms with E-state index >= 15 is 0 Å². The number of fused-ring (bicyclic) bond motifs is 3. The van der Waals surface area contributed by atoms with Gasteiger partial charge >= 0.3 is 0 Å². The zero-order valence-corrected chi connectivity index (χ0v) is 8.11. The van der Waals surface area contributed by atoms with Crippen LogP contribution in [0, 0.1) is 0 Å². The van der Waals surface area contributed by atoms with Crippen molar-refractivity contribution in [2.45, 2.75) is 0 Å². The van der Waals surface area contributed by atoms with Gasteiger partial charge in [0.05, 0.1) is 6.20 Å². The molecule has 0 radical (unpaired) electrons. The van der Waals surface area contributed by atoms with Crippen LogP contribution < -0.4 is 10.7 Å². The van der Waals surface area contributed by atoms with Gasteiger partial charge in [0.1, 0.15) is 16.4 Å². The van der Waals surface area contributed by atoms with E-state index in [1.165, 1.54) is 6.20 Å². The number of hydrogen-bond donors (Lipinski definition) is 1. The highest BCUT2D eigenvalue weighted by Gasteiger charge is 2.09. The Morgan fingerprint density at radius 3 is 2.93 bits per heavy atom. The summed E-state index contributed by atoms with van der Waals surface area (Å²) in [5.74, 6) is 0. The van der Waals surface area contributed by atoms with Crippen LogP contribution in [-0.4, -0.2) is 23.5 Å². The number of rotatable bonds is 0. The molecule has 2 aromatic rings. The van der Waals surface area contributed by atoms with Crippen LogP contribution in [0.5, 0.6) is 0 Å². The van der Waals surface area contributed by atoms with E-state index in [0.29, 0.717) is 16.4 Å². The van der Waals surface area contributed by atoms with E-state index < -0.39 is 10.3 Å². The molecule has 2 aromatic heterocycles. The third-order valence-corrected chi connectivity index (χ3v) is 2.59. The smallest absolute Gasteiger partial charge is 0.277 e. The number of aromatic amines is 1. The van der Waals surface area contributed by atoms with Gasteiger partial charge in [-0.2, -0.15) is 8.42 Å². The van der Waals surface area contributed by atoms with Crippen molar-refractivity contribution in [3.8, 4) is 0 Å². The van der Waals surface area contributed by atoms with Gasteiger partial charge in [-0.1, -0.05) is 0 Å². The maximum Gasteiger partial charge on any atom is 0.277 e.